The fourth-order valence-electron chi connectivity index (χ4n) is 1.73. The van der Waals surface area contributed by atoms with Crippen molar-refractivity contribution < 1.29 is 19.4 Å². The lowest BCUT2D eigenvalue weighted by Gasteiger charge is -2.10. The Kier molecular flexibility index (Phi) is 6.36. The Bertz CT molecular complexity index is 474. The maximum Gasteiger partial charge on any atom is 0.319 e. The first-order chi connectivity index (χ1) is 9.52. The van der Waals surface area contributed by atoms with E-state index in [0.717, 1.165) is 11.3 Å². The molecule has 0 saturated carbocycles. The molecule has 0 bridgehead atoms. The molecule has 0 aromatic heterocycles. The Morgan fingerprint density at radius 2 is 2.05 bits per heavy atom. The molecular weight excluding hydrogens is 260 g/mol. The van der Waals surface area contributed by atoms with Crippen molar-refractivity contribution in [2.75, 3.05) is 19.0 Å². The minimum absolute atomic E-state index is 0.126. The summed E-state index contributed by atoms with van der Waals surface area (Å²) < 4.78 is 5.14. The lowest BCUT2D eigenvalue weighted by molar-refractivity contribution is -0.137. The highest BCUT2D eigenvalue weighted by molar-refractivity contribution is 5.89. The number of carboxylic acids is 1. The maximum absolute atomic E-state index is 11.6. The highest BCUT2D eigenvalue weighted by Crippen LogP contribution is 2.21. The molecule has 0 fully saturated rings. The molecular formula is C14H20N2O4. The molecule has 2 amide bonds. The molecule has 0 spiro atoms. The highest BCUT2D eigenvalue weighted by Gasteiger charge is 2.04. The monoisotopic (exact) mass is 280 g/mol. The number of ether oxygens (including phenoxy) is 1. The lowest BCUT2D eigenvalue weighted by Crippen LogP contribution is -2.29. The SMILES string of the molecule is COc1ccc(NC(=O)NCCCCC(=O)O)cc1C. The number of aryl methyl sites for hydroxylation is 1. The third kappa shape index (κ3) is 5.60. The van der Waals surface area contributed by atoms with E-state index in [4.69, 9.17) is 9.84 Å². The molecule has 0 heterocycles. The van der Waals surface area contributed by atoms with Crippen LogP contribution in [0.25, 0.3) is 0 Å². The Labute approximate surface area is 118 Å². The van der Waals surface area contributed by atoms with Gasteiger partial charge in [0, 0.05) is 18.7 Å². The van der Waals surface area contributed by atoms with Gasteiger partial charge in [0.1, 0.15) is 5.75 Å². The molecule has 6 heteroatoms. The largest absolute Gasteiger partial charge is 0.496 e. The van der Waals surface area contributed by atoms with Gasteiger partial charge in [-0.2, -0.15) is 0 Å². The zero-order valence-electron chi connectivity index (χ0n) is 11.7. The predicted octanol–water partition coefficient (Wildman–Crippen LogP) is 2.38. The van der Waals surface area contributed by atoms with Crippen LogP contribution in [-0.2, 0) is 4.79 Å². The van der Waals surface area contributed by atoms with Crippen molar-refractivity contribution in [1.29, 1.82) is 0 Å². The summed E-state index contributed by atoms with van der Waals surface area (Å²) in [7, 11) is 1.60. The first-order valence-electron chi connectivity index (χ1n) is 6.44. The number of anilines is 1. The molecule has 0 unspecified atom stereocenters. The smallest absolute Gasteiger partial charge is 0.319 e. The third-order valence-electron chi connectivity index (χ3n) is 2.76. The summed E-state index contributed by atoms with van der Waals surface area (Å²) in [6.45, 7) is 2.35. The third-order valence-corrected chi connectivity index (χ3v) is 2.76. The highest BCUT2D eigenvalue weighted by atomic mass is 16.5. The number of rotatable bonds is 7. The van der Waals surface area contributed by atoms with Crippen molar-refractivity contribution in [3.63, 3.8) is 0 Å². The van der Waals surface area contributed by atoms with Gasteiger partial charge < -0.3 is 20.5 Å². The number of urea groups is 1. The molecule has 6 nitrogen and oxygen atoms in total. The number of amides is 2. The molecule has 0 aliphatic heterocycles. The fraction of sp³-hybridized carbons (Fsp3) is 0.429. The minimum atomic E-state index is -0.817. The van der Waals surface area contributed by atoms with E-state index >= 15 is 0 Å². The summed E-state index contributed by atoms with van der Waals surface area (Å²) in [6.07, 6.45) is 1.32. The van der Waals surface area contributed by atoms with Gasteiger partial charge in [-0.25, -0.2) is 4.79 Å². The molecule has 0 atom stereocenters. The van der Waals surface area contributed by atoms with Crippen LogP contribution >= 0.6 is 0 Å². The molecule has 0 aliphatic rings. The number of carboxylic acid groups (broad SMARTS) is 1. The van der Waals surface area contributed by atoms with Crippen LogP contribution in [0.5, 0.6) is 5.75 Å². The number of benzene rings is 1. The Morgan fingerprint density at radius 1 is 1.30 bits per heavy atom. The van der Waals surface area contributed by atoms with Gasteiger partial charge >= 0.3 is 12.0 Å². The summed E-state index contributed by atoms with van der Waals surface area (Å²) in [5.41, 5.74) is 1.62. The average Bonchev–Trinajstić information content (AvgIpc) is 2.38. The quantitative estimate of drug-likeness (QED) is 0.669. The second-order valence-corrected chi connectivity index (χ2v) is 4.42. The summed E-state index contributed by atoms with van der Waals surface area (Å²) in [4.78, 5) is 21.9. The zero-order chi connectivity index (χ0) is 15.0. The van der Waals surface area contributed by atoms with Crippen molar-refractivity contribution in [2.45, 2.75) is 26.2 Å². The number of unbranched alkanes of at least 4 members (excludes halogenated alkanes) is 1. The van der Waals surface area contributed by atoms with Crippen molar-refractivity contribution in [2.24, 2.45) is 0 Å². The Hall–Kier alpha value is -2.24. The summed E-state index contributed by atoms with van der Waals surface area (Å²) in [5.74, 6) is -0.0483. The molecule has 0 radical (unpaired) electrons. The van der Waals surface area contributed by atoms with Crippen LogP contribution in [0.15, 0.2) is 18.2 Å². The van der Waals surface area contributed by atoms with E-state index in [1.165, 1.54) is 0 Å². The van der Waals surface area contributed by atoms with Gasteiger partial charge in [-0.1, -0.05) is 0 Å². The molecule has 3 N–H and O–H groups in total. The number of methoxy groups -OCH3 is 1. The van der Waals surface area contributed by atoms with Crippen LogP contribution in [0.1, 0.15) is 24.8 Å². The predicted molar refractivity (Wildman–Crippen MR) is 76.2 cm³/mol. The second-order valence-electron chi connectivity index (χ2n) is 4.42. The summed E-state index contributed by atoms with van der Waals surface area (Å²) >= 11 is 0. The minimum Gasteiger partial charge on any atom is -0.496 e. The van der Waals surface area contributed by atoms with Crippen LogP contribution < -0.4 is 15.4 Å². The van der Waals surface area contributed by atoms with E-state index in [9.17, 15) is 9.59 Å². The van der Waals surface area contributed by atoms with Crippen LogP contribution in [0, 0.1) is 6.92 Å². The maximum atomic E-state index is 11.6. The average molecular weight is 280 g/mol. The number of hydrogen-bond donors (Lipinski definition) is 3. The van der Waals surface area contributed by atoms with Crippen molar-refractivity contribution in [3.05, 3.63) is 23.8 Å². The van der Waals surface area contributed by atoms with Crippen molar-refractivity contribution in [3.8, 4) is 5.75 Å². The van der Waals surface area contributed by atoms with Crippen molar-refractivity contribution >= 4 is 17.7 Å². The summed E-state index contributed by atoms with van der Waals surface area (Å²) in [6, 6.07) is 5.07. The number of carbonyl (C=O) groups is 2. The number of aliphatic carboxylic acids is 1. The molecule has 20 heavy (non-hydrogen) atoms. The van der Waals surface area contributed by atoms with E-state index in [0.29, 0.717) is 25.1 Å². The molecule has 1 aromatic rings. The molecule has 0 saturated heterocycles. The standard InChI is InChI=1S/C14H20N2O4/c1-10-9-11(6-7-12(10)20-2)16-14(19)15-8-4-3-5-13(17)18/h6-7,9H,3-5,8H2,1-2H3,(H,17,18)(H2,15,16,19). The lowest BCUT2D eigenvalue weighted by atomic mass is 10.2. The van der Waals surface area contributed by atoms with E-state index in [2.05, 4.69) is 10.6 Å². The number of hydrogen-bond acceptors (Lipinski definition) is 3. The number of carbonyl (C=O) groups excluding carboxylic acids is 1. The van der Waals surface area contributed by atoms with Gasteiger partial charge in [-0.3, -0.25) is 4.79 Å². The van der Waals surface area contributed by atoms with Gasteiger partial charge in [0.25, 0.3) is 0 Å². The van der Waals surface area contributed by atoms with Crippen LogP contribution in [0.3, 0.4) is 0 Å². The van der Waals surface area contributed by atoms with E-state index in [-0.39, 0.29) is 12.5 Å². The second kappa shape index (κ2) is 8.04. The van der Waals surface area contributed by atoms with Crippen LogP contribution in [-0.4, -0.2) is 30.8 Å². The van der Waals surface area contributed by atoms with Gasteiger partial charge in [-0.05, 0) is 43.5 Å². The van der Waals surface area contributed by atoms with E-state index in [1.807, 2.05) is 13.0 Å². The Morgan fingerprint density at radius 3 is 2.65 bits per heavy atom. The van der Waals surface area contributed by atoms with Crippen LogP contribution in [0.2, 0.25) is 0 Å². The normalized spacial score (nSPS) is 9.90. The molecule has 1 aromatic carbocycles. The van der Waals surface area contributed by atoms with E-state index < -0.39 is 5.97 Å². The van der Waals surface area contributed by atoms with Crippen LogP contribution in [0.4, 0.5) is 10.5 Å². The van der Waals surface area contributed by atoms with Gasteiger partial charge in [0.05, 0.1) is 7.11 Å². The number of nitrogens with one attached hydrogen (secondary N) is 2. The fourth-order valence-corrected chi connectivity index (χ4v) is 1.73. The first kappa shape index (κ1) is 15.8. The first-order valence-corrected chi connectivity index (χ1v) is 6.44. The zero-order valence-corrected chi connectivity index (χ0v) is 11.7. The molecule has 0 aliphatic carbocycles. The molecule has 110 valence electrons. The van der Waals surface area contributed by atoms with E-state index in [1.54, 1.807) is 19.2 Å². The van der Waals surface area contributed by atoms with Gasteiger partial charge in [0.15, 0.2) is 0 Å². The van der Waals surface area contributed by atoms with Gasteiger partial charge in [0.2, 0.25) is 0 Å². The van der Waals surface area contributed by atoms with Gasteiger partial charge in [-0.15, -0.1) is 0 Å². The topological polar surface area (TPSA) is 87.7 Å². The Balaban J connectivity index is 2.31. The van der Waals surface area contributed by atoms with Crippen molar-refractivity contribution in [1.82, 2.24) is 5.32 Å². The molecule has 1 rings (SSSR count). The summed E-state index contributed by atoms with van der Waals surface area (Å²) in [5, 5.41) is 13.9.